The molecule has 3 heterocycles. The van der Waals surface area contributed by atoms with Gasteiger partial charge in [0.15, 0.2) is 16.3 Å². The van der Waals surface area contributed by atoms with Crippen LogP contribution in [0.2, 0.25) is 0 Å². The number of halogens is 2. The third-order valence-electron chi connectivity index (χ3n) is 5.63. The van der Waals surface area contributed by atoms with Crippen molar-refractivity contribution in [3.05, 3.63) is 84.5 Å². The van der Waals surface area contributed by atoms with Gasteiger partial charge in [0, 0.05) is 0 Å². The molecule has 186 valence electrons. The Morgan fingerprint density at radius 2 is 1.97 bits per heavy atom. The standard InChI is InChI=1S/C25H20F2N2O6S/c1-3-32-23(31)20-13(2)28-25-29(21(20)15-6-9-17-18(11-15)34-12-33-17)22(30)19(36-25)10-14-4-7-16(8-5-14)35-24(26)27/h4-11,21,24H,3,12H2,1-2H3/b19-10+/t21-/m0/s1. The van der Waals surface area contributed by atoms with Crippen LogP contribution in [-0.2, 0) is 9.53 Å². The largest absolute Gasteiger partial charge is 0.463 e. The van der Waals surface area contributed by atoms with E-state index in [-0.39, 0.29) is 30.3 Å². The third-order valence-corrected chi connectivity index (χ3v) is 6.62. The zero-order valence-electron chi connectivity index (χ0n) is 19.2. The number of thiazole rings is 1. The number of carbonyl (C=O) groups is 1. The predicted octanol–water partition coefficient (Wildman–Crippen LogP) is 3.13. The Hall–Kier alpha value is -3.99. The van der Waals surface area contributed by atoms with E-state index in [0.29, 0.717) is 37.7 Å². The van der Waals surface area contributed by atoms with Crippen molar-refractivity contribution in [3.63, 3.8) is 0 Å². The molecule has 0 bridgehead atoms. The highest BCUT2D eigenvalue weighted by Crippen LogP contribution is 2.38. The maximum absolute atomic E-state index is 13.6. The Balaban J connectivity index is 1.64. The van der Waals surface area contributed by atoms with E-state index in [4.69, 9.17) is 14.2 Å². The Kier molecular flexibility index (Phi) is 6.31. The van der Waals surface area contributed by atoms with E-state index in [0.717, 1.165) is 11.3 Å². The van der Waals surface area contributed by atoms with Crippen molar-refractivity contribution in [2.75, 3.05) is 13.4 Å². The summed E-state index contributed by atoms with van der Waals surface area (Å²) in [6.45, 7) is 0.732. The molecule has 0 radical (unpaired) electrons. The van der Waals surface area contributed by atoms with Gasteiger partial charge in [0.05, 0.1) is 28.5 Å². The van der Waals surface area contributed by atoms with E-state index >= 15 is 0 Å². The van der Waals surface area contributed by atoms with Crippen LogP contribution in [0.1, 0.15) is 31.0 Å². The minimum Gasteiger partial charge on any atom is -0.463 e. The normalized spacial score (nSPS) is 16.7. The number of alkyl halides is 2. The molecule has 1 aromatic heterocycles. The lowest BCUT2D eigenvalue weighted by atomic mass is 9.95. The second kappa shape index (κ2) is 9.57. The van der Waals surface area contributed by atoms with E-state index in [9.17, 15) is 18.4 Å². The second-order valence-electron chi connectivity index (χ2n) is 7.86. The van der Waals surface area contributed by atoms with E-state index in [1.54, 1.807) is 50.3 Å². The van der Waals surface area contributed by atoms with Gasteiger partial charge in [-0.3, -0.25) is 9.36 Å². The maximum Gasteiger partial charge on any atom is 0.387 e. The molecule has 36 heavy (non-hydrogen) atoms. The summed E-state index contributed by atoms with van der Waals surface area (Å²) in [6, 6.07) is 10.4. The van der Waals surface area contributed by atoms with Crippen molar-refractivity contribution >= 4 is 23.4 Å². The summed E-state index contributed by atoms with van der Waals surface area (Å²) in [4.78, 5) is 31.5. The van der Waals surface area contributed by atoms with Gasteiger partial charge >= 0.3 is 12.6 Å². The summed E-state index contributed by atoms with van der Waals surface area (Å²) in [6.07, 6.45) is 1.63. The first-order valence-corrected chi connectivity index (χ1v) is 11.8. The van der Waals surface area contributed by atoms with E-state index in [1.807, 2.05) is 0 Å². The molecule has 0 fully saturated rings. The van der Waals surface area contributed by atoms with Crippen molar-refractivity contribution in [1.82, 2.24) is 4.57 Å². The van der Waals surface area contributed by atoms with Crippen molar-refractivity contribution in [3.8, 4) is 17.2 Å². The molecule has 3 aromatic rings. The monoisotopic (exact) mass is 514 g/mol. The van der Waals surface area contributed by atoms with Crippen molar-refractivity contribution in [1.29, 1.82) is 0 Å². The van der Waals surface area contributed by atoms with Gasteiger partial charge in [-0.2, -0.15) is 8.78 Å². The van der Waals surface area contributed by atoms with Crippen LogP contribution in [0.5, 0.6) is 17.2 Å². The zero-order valence-corrected chi connectivity index (χ0v) is 20.0. The number of ether oxygens (including phenoxy) is 4. The lowest BCUT2D eigenvalue weighted by Crippen LogP contribution is -2.39. The quantitative estimate of drug-likeness (QED) is 0.470. The Morgan fingerprint density at radius 1 is 1.22 bits per heavy atom. The van der Waals surface area contributed by atoms with Gasteiger partial charge in [-0.15, -0.1) is 0 Å². The van der Waals surface area contributed by atoms with Gasteiger partial charge in [0.2, 0.25) is 6.79 Å². The van der Waals surface area contributed by atoms with Crippen LogP contribution in [0.25, 0.3) is 6.08 Å². The molecular formula is C25H20F2N2O6S. The first kappa shape index (κ1) is 23.7. The number of esters is 1. The van der Waals surface area contributed by atoms with Crippen LogP contribution >= 0.6 is 11.3 Å². The summed E-state index contributed by atoms with van der Waals surface area (Å²) in [5.41, 5.74) is 1.59. The van der Waals surface area contributed by atoms with Crippen LogP contribution < -0.4 is 29.1 Å². The summed E-state index contributed by atoms with van der Waals surface area (Å²) in [7, 11) is 0. The molecule has 2 aliphatic rings. The number of allylic oxidation sites excluding steroid dienone is 1. The van der Waals surface area contributed by atoms with E-state index < -0.39 is 18.6 Å². The van der Waals surface area contributed by atoms with Gasteiger partial charge in [0.25, 0.3) is 5.56 Å². The van der Waals surface area contributed by atoms with Gasteiger partial charge < -0.3 is 18.9 Å². The summed E-state index contributed by atoms with van der Waals surface area (Å²) in [5, 5.41) is 0. The van der Waals surface area contributed by atoms with Crippen molar-refractivity contribution in [2.24, 2.45) is 4.99 Å². The van der Waals surface area contributed by atoms with Gasteiger partial charge in [0.1, 0.15) is 5.75 Å². The molecule has 8 nitrogen and oxygen atoms in total. The highest BCUT2D eigenvalue weighted by Gasteiger charge is 2.34. The topological polar surface area (TPSA) is 88.4 Å². The fourth-order valence-electron chi connectivity index (χ4n) is 4.09. The van der Waals surface area contributed by atoms with E-state index in [1.165, 1.54) is 16.7 Å². The van der Waals surface area contributed by atoms with Crippen LogP contribution in [0.3, 0.4) is 0 Å². The molecule has 0 unspecified atom stereocenters. The van der Waals surface area contributed by atoms with Gasteiger partial charge in [-0.1, -0.05) is 29.5 Å². The molecule has 2 aromatic carbocycles. The highest BCUT2D eigenvalue weighted by atomic mass is 32.1. The summed E-state index contributed by atoms with van der Waals surface area (Å²) >= 11 is 1.16. The van der Waals surface area contributed by atoms with Crippen molar-refractivity contribution in [2.45, 2.75) is 26.5 Å². The Bertz CT molecular complexity index is 1540. The van der Waals surface area contributed by atoms with E-state index in [2.05, 4.69) is 9.73 Å². The lowest BCUT2D eigenvalue weighted by molar-refractivity contribution is -0.139. The first-order chi connectivity index (χ1) is 17.4. The molecule has 0 spiro atoms. The molecule has 0 saturated carbocycles. The molecule has 1 atom stereocenters. The maximum atomic E-state index is 13.6. The van der Waals surface area contributed by atoms with Crippen molar-refractivity contribution < 1.29 is 32.5 Å². The molecule has 2 aliphatic heterocycles. The number of carbonyl (C=O) groups excluding carboxylic acids is 1. The fourth-order valence-corrected chi connectivity index (χ4v) is 5.13. The Labute approximate surface area is 207 Å². The zero-order chi connectivity index (χ0) is 25.4. The molecule has 0 amide bonds. The lowest BCUT2D eigenvalue weighted by Gasteiger charge is -2.24. The first-order valence-electron chi connectivity index (χ1n) is 11.0. The van der Waals surface area contributed by atoms with Crippen LogP contribution in [0.4, 0.5) is 8.78 Å². The molecule has 0 N–H and O–H groups in total. The van der Waals surface area contributed by atoms with Crippen LogP contribution in [0, 0.1) is 0 Å². The number of hydrogen-bond donors (Lipinski definition) is 0. The molecule has 0 saturated heterocycles. The average molecular weight is 515 g/mol. The molecule has 0 aliphatic carbocycles. The van der Waals surface area contributed by atoms with Crippen LogP contribution in [-0.4, -0.2) is 30.5 Å². The molecule has 11 heteroatoms. The van der Waals surface area contributed by atoms with Gasteiger partial charge in [-0.25, -0.2) is 9.79 Å². The number of aromatic nitrogens is 1. The van der Waals surface area contributed by atoms with Gasteiger partial charge in [-0.05, 0) is 55.3 Å². The number of fused-ring (bicyclic) bond motifs is 2. The SMILES string of the molecule is CCOC(=O)C1=C(C)N=c2s/c(=C/c3ccc(OC(F)F)cc3)c(=O)n2[C@H]1c1ccc2c(c1)OCO2. The fraction of sp³-hybridized carbons (Fsp3) is 0.240. The summed E-state index contributed by atoms with van der Waals surface area (Å²) < 4.78 is 47.3. The van der Waals surface area contributed by atoms with Crippen LogP contribution in [0.15, 0.2) is 63.5 Å². The predicted molar refractivity (Wildman–Crippen MR) is 126 cm³/mol. The number of rotatable bonds is 6. The number of hydrogen-bond acceptors (Lipinski definition) is 8. The minimum absolute atomic E-state index is 0.0149. The number of benzene rings is 2. The number of nitrogens with zero attached hydrogens (tertiary/aromatic N) is 2. The smallest absolute Gasteiger partial charge is 0.387 e. The minimum atomic E-state index is -2.92. The molecule has 5 rings (SSSR count). The average Bonchev–Trinajstić information content (AvgIpc) is 3.43. The second-order valence-corrected chi connectivity index (χ2v) is 8.87. The third kappa shape index (κ3) is 4.37. The molecular weight excluding hydrogens is 494 g/mol. The summed E-state index contributed by atoms with van der Waals surface area (Å²) in [5.74, 6) is 0.536. The highest BCUT2D eigenvalue weighted by molar-refractivity contribution is 7.07. The Morgan fingerprint density at radius 3 is 2.69 bits per heavy atom.